The Bertz CT molecular complexity index is 1460. The third kappa shape index (κ3) is 7.62. The van der Waals surface area contributed by atoms with Crippen LogP contribution < -0.4 is 15.4 Å². The molecule has 1 aliphatic carbocycles. The minimum absolute atomic E-state index is 0.331. The number of carbonyl (C=O) groups excluding carboxylic acids is 1. The highest BCUT2D eigenvalue weighted by Gasteiger charge is 2.22. The molecule has 40 heavy (non-hydrogen) atoms. The number of para-hydroxylation sites is 1. The quantitative estimate of drug-likeness (QED) is 0.202. The van der Waals surface area contributed by atoms with E-state index >= 15 is 0 Å². The molecule has 0 saturated carbocycles. The van der Waals surface area contributed by atoms with E-state index < -0.39 is 18.7 Å². The van der Waals surface area contributed by atoms with Gasteiger partial charge >= 0.3 is 12.1 Å². The van der Waals surface area contributed by atoms with E-state index in [1.165, 1.54) is 16.8 Å². The molecule has 5 N–H and O–H groups in total. The molecule has 212 valence electrons. The van der Waals surface area contributed by atoms with Crippen LogP contribution in [0.5, 0.6) is 5.75 Å². The van der Waals surface area contributed by atoms with Crippen molar-refractivity contribution >= 4 is 40.3 Å². The van der Waals surface area contributed by atoms with Crippen LogP contribution in [0.1, 0.15) is 43.1 Å². The Balaban J connectivity index is 0.000000681. The molecule has 2 heterocycles. The first kappa shape index (κ1) is 29.1. The second kappa shape index (κ2) is 13.5. The maximum absolute atomic E-state index is 12.4. The maximum Gasteiger partial charge on any atom is 0.417 e. The second-order valence-electron chi connectivity index (χ2n) is 9.91. The highest BCUT2D eigenvalue weighted by atomic mass is 35.5. The summed E-state index contributed by atoms with van der Waals surface area (Å²) >= 11 is 6.09. The van der Waals surface area contributed by atoms with Gasteiger partial charge in [-0.15, -0.1) is 0 Å². The van der Waals surface area contributed by atoms with Gasteiger partial charge in [0.2, 0.25) is 0 Å². The van der Waals surface area contributed by atoms with E-state index in [0.29, 0.717) is 28.5 Å². The number of amides is 1. The average Bonchev–Trinajstić information content (AvgIpc) is 3.55. The first-order valence-corrected chi connectivity index (χ1v) is 13.6. The molecule has 4 aromatic rings. The van der Waals surface area contributed by atoms with E-state index in [9.17, 15) is 4.79 Å². The molecule has 1 atom stereocenters. The van der Waals surface area contributed by atoms with Gasteiger partial charge in [-0.2, -0.15) is 5.10 Å². The summed E-state index contributed by atoms with van der Waals surface area (Å²) in [4.78, 5) is 25.1. The zero-order valence-electron chi connectivity index (χ0n) is 22.5. The normalized spacial score (nSPS) is 14.4. The number of halogens is 1. The molecule has 0 aliphatic heterocycles. The third-order valence-corrected chi connectivity index (χ3v) is 6.95. The van der Waals surface area contributed by atoms with E-state index in [0.717, 1.165) is 43.1 Å². The van der Waals surface area contributed by atoms with Gasteiger partial charge in [0.05, 0.1) is 11.2 Å². The van der Waals surface area contributed by atoms with Crippen LogP contribution in [-0.2, 0) is 24.1 Å². The molecule has 0 spiro atoms. The number of aliphatic hydroxyl groups is 1. The Labute approximate surface area is 237 Å². The third-order valence-electron chi connectivity index (χ3n) is 6.64. The summed E-state index contributed by atoms with van der Waals surface area (Å²) in [5, 5.41) is 27.5. The van der Waals surface area contributed by atoms with Crippen LogP contribution in [0.2, 0.25) is 5.02 Å². The lowest BCUT2D eigenvalue weighted by Crippen LogP contribution is -2.35. The number of aliphatic carboxylic acids is 1. The summed E-state index contributed by atoms with van der Waals surface area (Å²) in [6.45, 7) is 4.42. The molecule has 1 amide bonds. The number of aromatic amines is 1. The van der Waals surface area contributed by atoms with Gasteiger partial charge in [0.15, 0.2) is 5.75 Å². The van der Waals surface area contributed by atoms with Crippen molar-refractivity contribution in [3.05, 3.63) is 76.7 Å². The summed E-state index contributed by atoms with van der Waals surface area (Å²) in [7, 11) is 0. The van der Waals surface area contributed by atoms with Crippen LogP contribution in [0.3, 0.4) is 0 Å². The molecule has 0 saturated heterocycles. The first-order valence-electron chi connectivity index (χ1n) is 13.2. The number of rotatable bonds is 8. The summed E-state index contributed by atoms with van der Waals surface area (Å²) in [6, 6.07) is 13.6. The number of benzene rings is 2. The Kier molecular flexibility index (Phi) is 9.81. The highest BCUT2D eigenvalue weighted by Crippen LogP contribution is 2.31. The number of nitrogens with zero attached hydrogens (tertiary/aromatic N) is 2. The summed E-state index contributed by atoms with van der Waals surface area (Å²) in [6.07, 6.45) is 7.55. The summed E-state index contributed by atoms with van der Waals surface area (Å²) in [5.41, 5.74) is 5.64. The lowest BCUT2D eigenvalue weighted by molar-refractivity contribution is -0.140. The second-order valence-corrected chi connectivity index (χ2v) is 10.3. The Hall–Kier alpha value is -3.86. The largest absolute Gasteiger partial charge is 0.480 e. The maximum atomic E-state index is 12.4. The zero-order chi connectivity index (χ0) is 28.6. The summed E-state index contributed by atoms with van der Waals surface area (Å²) < 4.78 is 7.37. The summed E-state index contributed by atoms with van der Waals surface area (Å²) in [5.74, 6) is -0.859. The number of anilines is 1. The fraction of sp³-hybridized carbons (Fsp3) is 0.345. The Morgan fingerprint density at radius 1 is 1.25 bits per heavy atom. The minimum Gasteiger partial charge on any atom is -0.480 e. The highest BCUT2D eigenvalue weighted by molar-refractivity contribution is 6.32. The van der Waals surface area contributed by atoms with Crippen molar-refractivity contribution in [1.29, 1.82) is 0 Å². The molecule has 1 unspecified atom stereocenters. The van der Waals surface area contributed by atoms with Crippen molar-refractivity contribution in [3.63, 3.8) is 0 Å². The number of carbonyl (C=O) groups is 2. The van der Waals surface area contributed by atoms with E-state index in [2.05, 4.69) is 40.8 Å². The predicted octanol–water partition coefficient (Wildman–Crippen LogP) is 4.96. The topological polar surface area (TPSA) is 142 Å². The first-order chi connectivity index (χ1) is 19.2. The van der Waals surface area contributed by atoms with Crippen molar-refractivity contribution in [2.24, 2.45) is 0 Å². The van der Waals surface area contributed by atoms with Crippen molar-refractivity contribution in [2.45, 2.75) is 51.6 Å². The van der Waals surface area contributed by atoms with Gasteiger partial charge in [-0.3, -0.25) is 10.00 Å². The van der Waals surface area contributed by atoms with Crippen molar-refractivity contribution in [3.8, 4) is 5.75 Å². The standard InChI is InChI=1S/C27H30ClN5O2.C2H4O3/c1-17(2)33-16-18(15-30-33)11-12-29-19-7-9-24-21(13-19)22-14-20(8-10-25(22)32-24)31-27(34)35-26-6-4-3-5-23(26)28;3-1-2(4)5/h3-6,8,10,14-17,19,29,32H,7,9,11-13H2,1-2H3,(H,31,34);3H,1H2,(H,4,5). The van der Waals surface area contributed by atoms with E-state index in [1.54, 1.807) is 24.3 Å². The Morgan fingerprint density at radius 3 is 2.73 bits per heavy atom. The van der Waals surface area contributed by atoms with Gasteiger partial charge in [0.25, 0.3) is 0 Å². The molecular formula is C29H34ClN5O5. The van der Waals surface area contributed by atoms with Crippen LogP contribution >= 0.6 is 11.6 Å². The molecule has 2 aromatic heterocycles. The molecule has 5 rings (SSSR count). The number of aromatic nitrogens is 3. The molecule has 11 heteroatoms. The van der Waals surface area contributed by atoms with Gasteiger partial charge < -0.3 is 25.3 Å². The molecule has 0 radical (unpaired) electrons. The number of H-pyrrole nitrogens is 1. The van der Waals surface area contributed by atoms with Gasteiger partial charge in [0, 0.05) is 40.6 Å². The predicted molar refractivity (Wildman–Crippen MR) is 154 cm³/mol. The number of hydrogen-bond acceptors (Lipinski definition) is 6. The number of fused-ring (bicyclic) bond motifs is 3. The number of carboxylic acid groups (broad SMARTS) is 1. The molecule has 10 nitrogen and oxygen atoms in total. The van der Waals surface area contributed by atoms with Crippen LogP contribution in [0.4, 0.5) is 10.5 Å². The van der Waals surface area contributed by atoms with Gasteiger partial charge in [-0.05, 0) is 87.5 Å². The number of hydrogen-bond donors (Lipinski definition) is 5. The van der Waals surface area contributed by atoms with Crippen molar-refractivity contribution in [2.75, 3.05) is 18.5 Å². The van der Waals surface area contributed by atoms with Crippen LogP contribution in [-0.4, -0.2) is 56.2 Å². The van der Waals surface area contributed by atoms with Crippen molar-refractivity contribution < 1.29 is 24.5 Å². The van der Waals surface area contributed by atoms with Crippen LogP contribution in [0.25, 0.3) is 10.9 Å². The molecular weight excluding hydrogens is 534 g/mol. The average molecular weight is 568 g/mol. The fourth-order valence-corrected chi connectivity index (χ4v) is 4.82. The van der Waals surface area contributed by atoms with E-state index in [1.807, 2.05) is 29.1 Å². The lowest BCUT2D eigenvalue weighted by atomic mass is 9.91. The van der Waals surface area contributed by atoms with E-state index in [-0.39, 0.29) is 0 Å². The number of ether oxygens (including phenoxy) is 1. The number of carboxylic acids is 1. The van der Waals surface area contributed by atoms with Crippen molar-refractivity contribution in [1.82, 2.24) is 20.1 Å². The lowest BCUT2D eigenvalue weighted by Gasteiger charge is -2.23. The molecule has 0 bridgehead atoms. The minimum atomic E-state index is -1.19. The fourth-order valence-electron chi connectivity index (χ4n) is 4.65. The number of aliphatic hydroxyl groups excluding tert-OH is 1. The molecule has 2 aromatic carbocycles. The van der Waals surface area contributed by atoms with E-state index in [4.69, 9.17) is 31.3 Å². The van der Waals surface area contributed by atoms with Crippen LogP contribution in [0, 0.1) is 0 Å². The monoisotopic (exact) mass is 567 g/mol. The number of nitrogens with one attached hydrogen (secondary N) is 3. The van der Waals surface area contributed by atoms with Crippen LogP contribution in [0.15, 0.2) is 54.9 Å². The van der Waals surface area contributed by atoms with Gasteiger partial charge in [0.1, 0.15) is 6.61 Å². The molecule has 0 fully saturated rings. The zero-order valence-corrected chi connectivity index (χ0v) is 23.2. The number of aryl methyl sites for hydroxylation is 1. The van der Waals surface area contributed by atoms with Gasteiger partial charge in [-0.25, -0.2) is 9.59 Å². The Morgan fingerprint density at radius 2 is 2.02 bits per heavy atom. The SMILES string of the molecule is CC(C)n1cc(CCNC2CCc3[nH]c4ccc(NC(=O)Oc5ccccc5Cl)cc4c3C2)cn1.O=C(O)CO. The smallest absolute Gasteiger partial charge is 0.417 e. The molecule has 1 aliphatic rings. The van der Waals surface area contributed by atoms with Gasteiger partial charge in [-0.1, -0.05) is 23.7 Å².